The van der Waals surface area contributed by atoms with Crippen LogP contribution in [0.25, 0.3) is 11.1 Å². The minimum Gasteiger partial charge on any atom is -0.207 e. The summed E-state index contributed by atoms with van der Waals surface area (Å²) in [6, 6.07) is 4.07. The Hall–Kier alpha value is -1.62. The molecule has 0 saturated carbocycles. The fraction of sp³-hybridized carbons (Fsp3) is 0. The molecule has 0 saturated heterocycles. The summed E-state index contributed by atoms with van der Waals surface area (Å²) in [4.78, 5) is 0. The zero-order chi connectivity index (χ0) is 13.4. The van der Waals surface area contributed by atoms with Crippen LogP contribution in [-0.4, -0.2) is 0 Å². The van der Waals surface area contributed by atoms with Gasteiger partial charge in [-0.05, 0) is 17.7 Å². The van der Waals surface area contributed by atoms with Gasteiger partial charge in [-0.1, -0.05) is 23.7 Å². The summed E-state index contributed by atoms with van der Waals surface area (Å²) in [6.45, 7) is 0. The van der Waals surface area contributed by atoms with Crippen LogP contribution in [-0.2, 0) is 0 Å². The Morgan fingerprint density at radius 3 is 1.83 bits per heavy atom. The highest BCUT2D eigenvalue weighted by Gasteiger charge is 2.25. The molecule has 0 atom stereocenters. The molecule has 0 aromatic heterocycles. The Morgan fingerprint density at radius 1 is 0.778 bits per heavy atom. The van der Waals surface area contributed by atoms with Crippen LogP contribution in [0, 0.1) is 29.1 Å². The average Bonchev–Trinajstić information content (AvgIpc) is 2.34. The van der Waals surface area contributed by atoms with Gasteiger partial charge in [0.1, 0.15) is 10.8 Å². The van der Waals surface area contributed by atoms with Crippen molar-refractivity contribution in [3.8, 4) is 11.1 Å². The van der Waals surface area contributed by atoms with E-state index in [1.165, 1.54) is 0 Å². The fourth-order valence-corrected chi connectivity index (χ4v) is 1.67. The monoisotopic (exact) mass is 278 g/mol. The van der Waals surface area contributed by atoms with E-state index in [0.29, 0.717) is 0 Å². The summed E-state index contributed by atoms with van der Waals surface area (Å²) in [5.74, 6) is -7.54. The lowest BCUT2D eigenvalue weighted by atomic mass is 10.0. The molecule has 0 aliphatic rings. The smallest absolute Gasteiger partial charge is 0.181 e. The second-order valence-electron chi connectivity index (χ2n) is 3.46. The van der Waals surface area contributed by atoms with Gasteiger partial charge in [0.2, 0.25) is 0 Å². The van der Waals surface area contributed by atoms with Crippen LogP contribution in [0.5, 0.6) is 0 Å². The molecule has 94 valence electrons. The lowest BCUT2D eigenvalue weighted by Gasteiger charge is -2.08. The molecule has 0 aliphatic heterocycles. The maximum Gasteiger partial charge on any atom is 0.181 e. The first-order valence-corrected chi connectivity index (χ1v) is 5.08. The molecule has 0 heterocycles. The van der Waals surface area contributed by atoms with Crippen LogP contribution in [0.15, 0.2) is 24.3 Å². The molecule has 2 rings (SSSR count). The minimum atomic E-state index is -1.71. The van der Waals surface area contributed by atoms with Crippen molar-refractivity contribution in [2.75, 3.05) is 0 Å². The van der Waals surface area contributed by atoms with Gasteiger partial charge in [0.25, 0.3) is 0 Å². The van der Waals surface area contributed by atoms with Gasteiger partial charge in [0.05, 0.1) is 5.56 Å². The third kappa shape index (κ3) is 1.95. The first kappa shape index (κ1) is 12.8. The molecule has 6 heteroatoms. The van der Waals surface area contributed by atoms with Crippen LogP contribution < -0.4 is 0 Å². The third-order valence-corrected chi connectivity index (χ3v) is 2.65. The summed E-state index contributed by atoms with van der Waals surface area (Å²) in [5.41, 5.74) is -1.31. The second-order valence-corrected chi connectivity index (χ2v) is 3.83. The van der Waals surface area contributed by atoms with Gasteiger partial charge >= 0.3 is 0 Å². The molecule has 0 fully saturated rings. The standard InChI is InChI=1S/C12H4ClF5/c13-8-11(17)9(15)7(10(16)12(8)18)5-2-1-3-6(14)4-5/h1-4H. The molecule has 0 N–H and O–H groups in total. The SMILES string of the molecule is Fc1cccc(-c2c(F)c(F)c(Cl)c(F)c2F)c1. The molecule has 0 bridgehead atoms. The number of rotatable bonds is 1. The van der Waals surface area contributed by atoms with Gasteiger partial charge in [0.15, 0.2) is 23.3 Å². The molecule has 2 aromatic carbocycles. The highest BCUT2D eigenvalue weighted by Crippen LogP contribution is 2.34. The fourth-order valence-electron chi connectivity index (χ4n) is 1.50. The number of hydrogen-bond donors (Lipinski definition) is 0. The normalized spacial score (nSPS) is 10.8. The maximum atomic E-state index is 13.5. The predicted octanol–water partition coefficient (Wildman–Crippen LogP) is 4.70. The predicted molar refractivity (Wildman–Crippen MR) is 56.7 cm³/mol. The van der Waals surface area contributed by atoms with Crippen molar-refractivity contribution >= 4 is 11.6 Å². The van der Waals surface area contributed by atoms with E-state index in [4.69, 9.17) is 11.6 Å². The van der Waals surface area contributed by atoms with Crippen LogP contribution in [0.1, 0.15) is 0 Å². The molecule has 0 unspecified atom stereocenters. The van der Waals surface area contributed by atoms with Crippen LogP contribution >= 0.6 is 11.6 Å². The van der Waals surface area contributed by atoms with Crippen molar-refractivity contribution in [3.05, 3.63) is 58.4 Å². The third-order valence-electron chi connectivity index (χ3n) is 2.32. The zero-order valence-corrected chi connectivity index (χ0v) is 9.33. The van der Waals surface area contributed by atoms with E-state index in [9.17, 15) is 22.0 Å². The molecular weight excluding hydrogens is 275 g/mol. The van der Waals surface area contributed by atoms with Crippen molar-refractivity contribution in [2.45, 2.75) is 0 Å². The highest BCUT2D eigenvalue weighted by molar-refractivity contribution is 6.31. The van der Waals surface area contributed by atoms with Crippen molar-refractivity contribution < 1.29 is 22.0 Å². The van der Waals surface area contributed by atoms with Crippen molar-refractivity contribution in [2.24, 2.45) is 0 Å². The maximum absolute atomic E-state index is 13.5. The Bertz CT molecular complexity index is 595. The van der Waals surface area contributed by atoms with Gasteiger partial charge < -0.3 is 0 Å². The van der Waals surface area contributed by atoms with E-state index in [1.807, 2.05) is 0 Å². The van der Waals surface area contributed by atoms with E-state index >= 15 is 0 Å². The lowest BCUT2D eigenvalue weighted by molar-refractivity contribution is 0.459. The Kier molecular flexibility index (Phi) is 3.26. The first-order chi connectivity index (χ1) is 8.43. The molecule has 0 radical (unpaired) electrons. The lowest BCUT2D eigenvalue weighted by Crippen LogP contribution is -2.00. The summed E-state index contributed by atoms with van der Waals surface area (Å²) < 4.78 is 66.4. The minimum absolute atomic E-state index is 0.320. The average molecular weight is 279 g/mol. The largest absolute Gasteiger partial charge is 0.207 e. The Morgan fingerprint density at radius 2 is 1.33 bits per heavy atom. The molecule has 0 spiro atoms. The van der Waals surface area contributed by atoms with Gasteiger partial charge in [0, 0.05) is 0 Å². The van der Waals surface area contributed by atoms with Crippen molar-refractivity contribution in [3.63, 3.8) is 0 Å². The molecule has 0 aliphatic carbocycles. The second kappa shape index (κ2) is 4.57. The topological polar surface area (TPSA) is 0 Å². The number of hydrogen-bond acceptors (Lipinski definition) is 0. The highest BCUT2D eigenvalue weighted by atomic mass is 35.5. The summed E-state index contributed by atoms with van der Waals surface area (Å²) >= 11 is 5.07. The van der Waals surface area contributed by atoms with Crippen molar-refractivity contribution in [1.29, 1.82) is 0 Å². The van der Waals surface area contributed by atoms with E-state index in [0.717, 1.165) is 24.3 Å². The number of benzene rings is 2. The molecule has 2 aromatic rings. The van der Waals surface area contributed by atoms with E-state index in [1.54, 1.807) is 0 Å². The van der Waals surface area contributed by atoms with Gasteiger partial charge in [-0.2, -0.15) is 0 Å². The van der Waals surface area contributed by atoms with Gasteiger partial charge in [-0.3, -0.25) is 0 Å². The Balaban J connectivity index is 2.80. The Labute approximate surface area is 104 Å². The number of halogens is 6. The van der Waals surface area contributed by atoms with E-state index in [-0.39, 0.29) is 5.56 Å². The van der Waals surface area contributed by atoms with Gasteiger partial charge in [-0.15, -0.1) is 0 Å². The van der Waals surface area contributed by atoms with Crippen molar-refractivity contribution in [1.82, 2.24) is 0 Å². The molecule has 18 heavy (non-hydrogen) atoms. The van der Waals surface area contributed by atoms with Crippen LogP contribution in [0.2, 0.25) is 5.02 Å². The molecule has 0 amide bonds. The summed E-state index contributed by atoms with van der Waals surface area (Å²) in [5, 5.41) is -1.27. The molecular formula is C12H4ClF5. The van der Waals surface area contributed by atoms with E-state index in [2.05, 4.69) is 0 Å². The van der Waals surface area contributed by atoms with Crippen LogP contribution in [0.4, 0.5) is 22.0 Å². The van der Waals surface area contributed by atoms with Gasteiger partial charge in [-0.25, -0.2) is 22.0 Å². The summed E-state index contributed by atoms with van der Waals surface area (Å²) in [6.07, 6.45) is 0. The summed E-state index contributed by atoms with van der Waals surface area (Å²) in [7, 11) is 0. The van der Waals surface area contributed by atoms with Crippen LogP contribution in [0.3, 0.4) is 0 Å². The zero-order valence-electron chi connectivity index (χ0n) is 8.58. The van der Waals surface area contributed by atoms with E-state index < -0.39 is 39.7 Å². The molecule has 0 nitrogen and oxygen atoms in total. The quantitative estimate of drug-likeness (QED) is 0.403. The first-order valence-electron chi connectivity index (χ1n) is 4.71.